The molecular formula is C14H8ClF6NO6S4. The van der Waals surface area contributed by atoms with E-state index in [-0.39, 0.29) is 6.07 Å². The molecule has 32 heavy (non-hydrogen) atoms. The van der Waals surface area contributed by atoms with Crippen LogP contribution >= 0.6 is 22.4 Å². The van der Waals surface area contributed by atoms with E-state index in [9.17, 15) is 51.6 Å². The number of thioether (sulfide) groups is 1. The SMILES string of the molecule is O=S(=O)(Cl)c1ccc(S(=O)(=O)NS(=O)(=O)C(F)(F)C(F)(F)Sc2ccc(F)cc2F)cc1. The molecule has 0 heterocycles. The Morgan fingerprint density at radius 3 is 1.78 bits per heavy atom. The van der Waals surface area contributed by atoms with Gasteiger partial charge in [0.1, 0.15) is 11.6 Å². The number of sulfonamides is 2. The van der Waals surface area contributed by atoms with E-state index in [0.717, 1.165) is 0 Å². The first-order chi connectivity index (χ1) is 14.3. The van der Waals surface area contributed by atoms with Crippen molar-refractivity contribution in [3.05, 3.63) is 54.1 Å². The van der Waals surface area contributed by atoms with Crippen LogP contribution in [-0.2, 0) is 29.1 Å². The Morgan fingerprint density at radius 2 is 1.31 bits per heavy atom. The zero-order chi connectivity index (χ0) is 24.8. The molecule has 0 aliphatic heterocycles. The van der Waals surface area contributed by atoms with Crippen molar-refractivity contribution in [1.29, 1.82) is 0 Å². The summed E-state index contributed by atoms with van der Waals surface area (Å²) in [4.78, 5) is -2.95. The fourth-order valence-electron chi connectivity index (χ4n) is 1.94. The molecule has 0 aliphatic rings. The predicted molar refractivity (Wildman–Crippen MR) is 101 cm³/mol. The highest BCUT2D eigenvalue weighted by atomic mass is 35.7. The van der Waals surface area contributed by atoms with Gasteiger partial charge in [-0.05, 0) is 48.2 Å². The maximum Gasteiger partial charge on any atom is 0.431 e. The monoisotopic (exact) mass is 563 g/mol. The summed E-state index contributed by atoms with van der Waals surface area (Å²) in [5, 5.41) is -11.7. The van der Waals surface area contributed by atoms with Gasteiger partial charge in [-0.15, -0.1) is 0 Å². The minimum absolute atomic E-state index is 0.0818. The van der Waals surface area contributed by atoms with E-state index in [4.69, 9.17) is 10.7 Å². The minimum Gasteiger partial charge on any atom is -0.207 e. The van der Waals surface area contributed by atoms with Crippen LogP contribution in [0, 0.1) is 11.6 Å². The zero-order valence-electron chi connectivity index (χ0n) is 14.8. The summed E-state index contributed by atoms with van der Waals surface area (Å²) in [6, 6.07) is 2.98. The second-order valence-electron chi connectivity index (χ2n) is 5.71. The first kappa shape index (κ1) is 26.7. The molecule has 0 atom stereocenters. The quantitative estimate of drug-likeness (QED) is 0.297. The van der Waals surface area contributed by atoms with Crippen LogP contribution in [0.2, 0.25) is 0 Å². The lowest BCUT2D eigenvalue weighted by atomic mass is 10.3. The minimum atomic E-state index is -6.69. The zero-order valence-corrected chi connectivity index (χ0v) is 18.8. The van der Waals surface area contributed by atoms with Crippen LogP contribution in [0.5, 0.6) is 0 Å². The van der Waals surface area contributed by atoms with Crippen molar-refractivity contribution < 1.29 is 51.6 Å². The summed E-state index contributed by atoms with van der Waals surface area (Å²) < 4.78 is 153. The summed E-state index contributed by atoms with van der Waals surface area (Å²) in [5.41, 5.74) is 0. The third-order valence-electron chi connectivity index (χ3n) is 3.44. The highest BCUT2D eigenvalue weighted by molar-refractivity contribution is 8.13. The Bertz CT molecular complexity index is 1350. The normalized spacial score (nSPS) is 13.8. The number of halogens is 7. The lowest BCUT2D eigenvalue weighted by Gasteiger charge is -2.25. The number of benzene rings is 2. The highest BCUT2D eigenvalue weighted by Gasteiger charge is 2.67. The van der Waals surface area contributed by atoms with Crippen LogP contribution in [0.1, 0.15) is 0 Å². The van der Waals surface area contributed by atoms with E-state index >= 15 is 0 Å². The van der Waals surface area contributed by atoms with E-state index < -0.39 is 77.7 Å². The van der Waals surface area contributed by atoms with E-state index in [1.54, 1.807) is 0 Å². The first-order valence-corrected chi connectivity index (χ1v) is 13.6. The number of alkyl halides is 4. The summed E-state index contributed by atoms with van der Waals surface area (Å²) in [6.45, 7) is 0. The van der Waals surface area contributed by atoms with E-state index in [2.05, 4.69) is 0 Å². The second kappa shape index (κ2) is 8.68. The molecule has 0 fully saturated rings. The van der Waals surface area contributed by atoms with E-state index in [0.29, 0.717) is 40.5 Å². The molecule has 0 amide bonds. The van der Waals surface area contributed by atoms with Crippen molar-refractivity contribution in [2.45, 2.75) is 25.2 Å². The van der Waals surface area contributed by atoms with Crippen molar-refractivity contribution in [2.75, 3.05) is 0 Å². The molecule has 0 radical (unpaired) electrons. The van der Waals surface area contributed by atoms with Gasteiger partial charge in [-0.2, -0.15) is 17.6 Å². The van der Waals surface area contributed by atoms with Crippen molar-refractivity contribution in [2.24, 2.45) is 0 Å². The molecule has 18 heteroatoms. The number of nitrogens with one attached hydrogen (secondary N) is 1. The Balaban J connectivity index is 2.37. The van der Waals surface area contributed by atoms with Crippen LogP contribution in [-0.4, -0.2) is 35.8 Å². The van der Waals surface area contributed by atoms with Gasteiger partial charge in [0, 0.05) is 21.6 Å². The van der Waals surface area contributed by atoms with Crippen LogP contribution in [0.25, 0.3) is 0 Å². The first-order valence-electron chi connectivity index (χ1n) is 7.53. The number of hydrogen-bond acceptors (Lipinski definition) is 7. The molecule has 0 spiro atoms. The Hall–Kier alpha value is -1.53. The standard InChI is InChI=1S/C14H8ClF6NO6S4/c15-30(23,24)9-2-4-10(5-3-9)31(25,26)22-32(27,28)14(20,21)13(18,19)29-12-6-1-8(16)7-11(12)17/h1-7,22H. The number of rotatable bonds is 8. The Kier molecular flexibility index (Phi) is 7.24. The van der Waals surface area contributed by atoms with Gasteiger partial charge in [-0.25, -0.2) is 34.0 Å². The largest absolute Gasteiger partial charge is 0.431 e. The fraction of sp³-hybridized carbons (Fsp3) is 0.143. The maximum absolute atomic E-state index is 14.2. The summed E-state index contributed by atoms with van der Waals surface area (Å²) in [6.07, 6.45) is 0. The molecule has 0 aromatic heterocycles. The predicted octanol–water partition coefficient (Wildman–Crippen LogP) is 3.48. The molecule has 0 unspecified atom stereocenters. The topological polar surface area (TPSA) is 114 Å². The van der Waals surface area contributed by atoms with Gasteiger partial charge in [0.25, 0.3) is 29.1 Å². The smallest absolute Gasteiger partial charge is 0.207 e. The van der Waals surface area contributed by atoms with Gasteiger partial charge in [0.15, 0.2) is 0 Å². The van der Waals surface area contributed by atoms with Crippen LogP contribution in [0.15, 0.2) is 57.2 Å². The second-order valence-corrected chi connectivity index (χ2v) is 13.1. The van der Waals surface area contributed by atoms with Gasteiger partial charge in [0.05, 0.1) is 9.79 Å². The Morgan fingerprint density at radius 1 is 0.812 bits per heavy atom. The number of hydrogen-bond donors (Lipinski definition) is 1. The molecule has 0 saturated carbocycles. The molecule has 0 bridgehead atoms. The molecule has 2 aromatic rings. The van der Waals surface area contributed by atoms with E-state index in [1.165, 1.54) is 0 Å². The average molecular weight is 564 g/mol. The highest BCUT2D eigenvalue weighted by Crippen LogP contribution is 2.49. The summed E-state index contributed by atoms with van der Waals surface area (Å²) in [5.74, 6) is -2.92. The molecule has 178 valence electrons. The van der Waals surface area contributed by atoms with Crippen molar-refractivity contribution in [3.63, 3.8) is 0 Å². The van der Waals surface area contributed by atoms with Crippen LogP contribution in [0.3, 0.4) is 0 Å². The van der Waals surface area contributed by atoms with Crippen molar-refractivity contribution in [1.82, 2.24) is 4.13 Å². The molecule has 0 saturated heterocycles. The molecular weight excluding hydrogens is 556 g/mol. The third-order valence-corrected chi connectivity index (χ3v) is 9.59. The lowest BCUT2D eigenvalue weighted by molar-refractivity contribution is -0.0905. The molecule has 1 N–H and O–H groups in total. The van der Waals surface area contributed by atoms with Gasteiger partial charge in [-0.3, -0.25) is 0 Å². The molecule has 2 aromatic carbocycles. The van der Waals surface area contributed by atoms with Gasteiger partial charge in [-0.1, -0.05) is 4.13 Å². The third kappa shape index (κ3) is 5.51. The van der Waals surface area contributed by atoms with Gasteiger partial charge >= 0.3 is 10.5 Å². The molecule has 7 nitrogen and oxygen atoms in total. The van der Waals surface area contributed by atoms with Gasteiger partial charge < -0.3 is 0 Å². The van der Waals surface area contributed by atoms with Crippen molar-refractivity contribution >= 4 is 51.5 Å². The Labute approximate surface area is 186 Å². The van der Waals surface area contributed by atoms with Crippen LogP contribution in [0.4, 0.5) is 26.3 Å². The van der Waals surface area contributed by atoms with Crippen LogP contribution < -0.4 is 4.13 Å². The fourth-order valence-corrected chi connectivity index (χ4v) is 6.62. The summed E-state index contributed by atoms with van der Waals surface area (Å²) in [7, 11) is -11.4. The molecule has 0 aliphatic carbocycles. The summed E-state index contributed by atoms with van der Waals surface area (Å²) >= 11 is -1.28. The maximum atomic E-state index is 14.2. The van der Waals surface area contributed by atoms with E-state index in [1.807, 2.05) is 0 Å². The van der Waals surface area contributed by atoms with Crippen molar-refractivity contribution in [3.8, 4) is 0 Å². The van der Waals surface area contributed by atoms with Gasteiger partial charge in [0.2, 0.25) is 0 Å². The average Bonchev–Trinajstić information content (AvgIpc) is 2.62. The lowest BCUT2D eigenvalue weighted by Crippen LogP contribution is -2.51. The molecule has 2 rings (SSSR count).